The molecule has 0 heterocycles. The van der Waals surface area contributed by atoms with Crippen molar-refractivity contribution in [3.63, 3.8) is 0 Å². The van der Waals surface area contributed by atoms with Gasteiger partial charge in [-0.3, -0.25) is 4.79 Å². The summed E-state index contributed by atoms with van der Waals surface area (Å²) in [4.78, 5) is 11.6. The molecule has 1 fully saturated rings. The van der Waals surface area contributed by atoms with E-state index in [2.05, 4.69) is 6.92 Å². The monoisotopic (exact) mass is 265 g/mol. The number of carboxylic acid groups (broad SMARTS) is 1. The molecule has 1 aliphatic carbocycles. The normalized spacial score (nSPS) is 24.9. The van der Waals surface area contributed by atoms with Gasteiger partial charge < -0.3 is 10.8 Å². The standard InChI is InChI=1S/C15H20FNO2/c1-9-4-2-5-10(8-9)13(15(18)19)11-6-3-7-12(16)14(11)17/h3,6-7,9-10,13H,2,4-5,8,17H2,1H3,(H,18,19). The topological polar surface area (TPSA) is 63.3 Å². The Bertz CT molecular complexity index is 475. The van der Waals surface area contributed by atoms with E-state index in [-0.39, 0.29) is 11.6 Å². The molecule has 4 heteroatoms. The van der Waals surface area contributed by atoms with Crippen LogP contribution in [0.2, 0.25) is 0 Å². The van der Waals surface area contributed by atoms with Gasteiger partial charge in [-0.15, -0.1) is 0 Å². The van der Waals surface area contributed by atoms with Crippen molar-refractivity contribution in [1.82, 2.24) is 0 Å². The van der Waals surface area contributed by atoms with Gasteiger partial charge in [0.2, 0.25) is 0 Å². The van der Waals surface area contributed by atoms with Crippen LogP contribution in [-0.2, 0) is 4.79 Å². The fraction of sp³-hybridized carbons (Fsp3) is 0.533. The van der Waals surface area contributed by atoms with Gasteiger partial charge in [0.1, 0.15) is 5.82 Å². The van der Waals surface area contributed by atoms with E-state index in [9.17, 15) is 14.3 Å². The molecule has 3 N–H and O–H groups in total. The lowest BCUT2D eigenvalue weighted by atomic mass is 9.73. The Kier molecular flexibility index (Phi) is 4.08. The second-order valence-electron chi connectivity index (χ2n) is 5.59. The number of nitrogen functional groups attached to an aromatic ring is 1. The molecule has 0 bridgehead atoms. The smallest absolute Gasteiger partial charge is 0.311 e. The van der Waals surface area contributed by atoms with Crippen LogP contribution < -0.4 is 5.73 Å². The lowest BCUT2D eigenvalue weighted by Crippen LogP contribution is -2.27. The van der Waals surface area contributed by atoms with Crippen molar-refractivity contribution in [1.29, 1.82) is 0 Å². The summed E-state index contributed by atoms with van der Waals surface area (Å²) in [6, 6.07) is 4.43. The Morgan fingerprint density at radius 3 is 2.84 bits per heavy atom. The van der Waals surface area contributed by atoms with Gasteiger partial charge in [0.15, 0.2) is 0 Å². The summed E-state index contributed by atoms with van der Waals surface area (Å²) in [7, 11) is 0. The maximum atomic E-state index is 13.5. The fourth-order valence-electron chi connectivity index (χ4n) is 3.20. The molecule has 0 radical (unpaired) electrons. The van der Waals surface area contributed by atoms with Crippen LogP contribution in [0.25, 0.3) is 0 Å². The highest BCUT2D eigenvalue weighted by molar-refractivity contribution is 5.79. The summed E-state index contributed by atoms with van der Waals surface area (Å²) in [5, 5.41) is 9.50. The molecular weight excluding hydrogens is 245 g/mol. The van der Waals surface area contributed by atoms with Crippen molar-refractivity contribution in [3.8, 4) is 0 Å². The Morgan fingerprint density at radius 1 is 1.47 bits per heavy atom. The first-order valence-electron chi connectivity index (χ1n) is 6.77. The van der Waals surface area contributed by atoms with Crippen LogP contribution >= 0.6 is 0 Å². The maximum Gasteiger partial charge on any atom is 0.311 e. The molecule has 1 aromatic carbocycles. The molecule has 0 saturated heterocycles. The molecule has 1 aromatic rings. The van der Waals surface area contributed by atoms with Crippen LogP contribution in [0.15, 0.2) is 18.2 Å². The highest BCUT2D eigenvalue weighted by Crippen LogP contribution is 2.40. The van der Waals surface area contributed by atoms with Gasteiger partial charge >= 0.3 is 5.97 Å². The highest BCUT2D eigenvalue weighted by atomic mass is 19.1. The van der Waals surface area contributed by atoms with E-state index in [1.54, 1.807) is 6.07 Å². The highest BCUT2D eigenvalue weighted by Gasteiger charge is 2.34. The summed E-state index contributed by atoms with van der Waals surface area (Å²) in [5.74, 6) is -1.57. The number of benzene rings is 1. The van der Waals surface area contributed by atoms with Crippen LogP contribution in [0, 0.1) is 17.7 Å². The summed E-state index contributed by atoms with van der Waals surface area (Å²) in [6.07, 6.45) is 3.91. The Balaban J connectivity index is 2.34. The minimum absolute atomic E-state index is 0.0203. The number of rotatable bonds is 3. The van der Waals surface area contributed by atoms with Crippen molar-refractivity contribution in [2.45, 2.75) is 38.5 Å². The van der Waals surface area contributed by atoms with Crippen LogP contribution in [0.5, 0.6) is 0 Å². The molecule has 0 spiro atoms. The lowest BCUT2D eigenvalue weighted by Gasteiger charge is -2.31. The second-order valence-corrected chi connectivity index (χ2v) is 5.59. The van der Waals surface area contributed by atoms with Crippen LogP contribution in [-0.4, -0.2) is 11.1 Å². The predicted molar refractivity (Wildman–Crippen MR) is 72.3 cm³/mol. The van der Waals surface area contributed by atoms with Gasteiger partial charge in [-0.25, -0.2) is 4.39 Å². The molecule has 0 aromatic heterocycles. The Morgan fingerprint density at radius 2 is 2.21 bits per heavy atom. The van der Waals surface area contributed by atoms with Gasteiger partial charge in [-0.2, -0.15) is 0 Å². The molecule has 2 rings (SSSR count). The maximum absolute atomic E-state index is 13.5. The van der Waals surface area contributed by atoms with Crippen LogP contribution in [0.4, 0.5) is 10.1 Å². The number of hydrogen-bond acceptors (Lipinski definition) is 2. The minimum Gasteiger partial charge on any atom is -0.481 e. The molecule has 3 unspecified atom stereocenters. The largest absolute Gasteiger partial charge is 0.481 e. The van der Waals surface area contributed by atoms with E-state index < -0.39 is 17.7 Å². The zero-order chi connectivity index (χ0) is 14.0. The Labute approximate surface area is 112 Å². The molecule has 3 atom stereocenters. The summed E-state index contributed by atoms with van der Waals surface area (Å²) < 4.78 is 13.5. The van der Waals surface area contributed by atoms with Crippen LogP contribution in [0.3, 0.4) is 0 Å². The summed E-state index contributed by atoms with van der Waals surface area (Å²) in [6.45, 7) is 2.14. The first-order chi connectivity index (χ1) is 9.00. The van der Waals surface area contributed by atoms with Gasteiger partial charge in [-0.1, -0.05) is 31.9 Å². The third-order valence-electron chi connectivity index (χ3n) is 4.14. The zero-order valence-electron chi connectivity index (χ0n) is 11.1. The number of halogens is 1. The number of hydrogen-bond donors (Lipinski definition) is 2. The van der Waals surface area contributed by atoms with Crippen molar-refractivity contribution in [3.05, 3.63) is 29.6 Å². The molecular formula is C15H20FNO2. The van der Waals surface area contributed by atoms with E-state index in [0.29, 0.717) is 11.5 Å². The van der Waals surface area contributed by atoms with Crippen LogP contribution in [0.1, 0.15) is 44.1 Å². The van der Waals surface area contributed by atoms with Crippen molar-refractivity contribution < 1.29 is 14.3 Å². The van der Waals surface area contributed by atoms with E-state index in [0.717, 1.165) is 25.7 Å². The second kappa shape index (κ2) is 5.59. The fourth-order valence-corrected chi connectivity index (χ4v) is 3.20. The molecule has 0 aliphatic heterocycles. The molecule has 1 aliphatic rings. The predicted octanol–water partition coefficient (Wildman–Crippen LogP) is 3.40. The zero-order valence-corrected chi connectivity index (χ0v) is 11.1. The third-order valence-corrected chi connectivity index (χ3v) is 4.14. The number of aliphatic carboxylic acids is 1. The van der Waals surface area contributed by atoms with Crippen molar-refractivity contribution in [2.24, 2.45) is 11.8 Å². The number of nitrogens with two attached hydrogens (primary N) is 1. The number of anilines is 1. The first-order valence-corrected chi connectivity index (χ1v) is 6.77. The number of carbonyl (C=O) groups is 1. The van der Waals surface area contributed by atoms with Crippen molar-refractivity contribution >= 4 is 11.7 Å². The first kappa shape index (κ1) is 13.8. The molecule has 104 valence electrons. The summed E-state index contributed by atoms with van der Waals surface area (Å²) in [5.41, 5.74) is 6.13. The average Bonchev–Trinajstić information content (AvgIpc) is 2.34. The van der Waals surface area contributed by atoms with Gasteiger partial charge in [0, 0.05) is 0 Å². The third kappa shape index (κ3) is 2.88. The average molecular weight is 265 g/mol. The minimum atomic E-state index is -0.906. The number of para-hydroxylation sites is 1. The van der Waals surface area contributed by atoms with Gasteiger partial charge in [-0.05, 0) is 36.3 Å². The lowest BCUT2D eigenvalue weighted by molar-refractivity contribution is -0.140. The van der Waals surface area contributed by atoms with E-state index in [4.69, 9.17) is 5.73 Å². The van der Waals surface area contributed by atoms with E-state index in [1.165, 1.54) is 12.1 Å². The van der Waals surface area contributed by atoms with E-state index in [1.807, 2.05) is 0 Å². The van der Waals surface area contributed by atoms with Gasteiger partial charge in [0.05, 0.1) is 11.6 Å². The molecule has 0 amide bonds. The molecule has 1 saturated carbocycles. The number of carboxylic acids is 1. The molecule has 19 heavy (non-hydrogen) atoms. The van der Waals surface area contributed by atoms with E-state index >= 15 is 0 Å². The van der Waals surface area contributed by atoms with Gasteiger partial charge in [0.25, 0.3) is 0 Å². The summed E-state index contributed by atoms with van der Waals surface area (Å²) >= 11 is 0. The SMILES string of the molecule is CC1CCCC(C(C(=O)O)c2cccc(F)c2N)C1. The molecule has 3 nitrogen and oxygen atoms in total. The Hall–Kier alpha value is -1.58. The van der Waals surface area contributed by atoms with Crippen molar-refractivity contribution in [2.75, 3.05) is 5.73 Å². The quantitative estimate of drug-likeness (QED) is 0.823.